The maximum atomic E-state index is 13.1. The molecule has 0 aromatic carbocycles. The minimum Gasteiger partial charge on any atom is -0.627 e. The molecule has 4 rings (SSSR count). The summed E-state index contributed by atoms with van der Waals surface area (Å²) in [7, 11) is 1.24. The molecule has 40 heavy (non-hydrogen) atoms. The van der Waals surface area contributed by atoms with E-state index >= 15 is 0 Å². The van der Waals surface area contributed by atoms with Crippen molar-refractivity contribution in [3.8, 4) is 0 Å². The quantitative estimate of drug-likeness (QED) is 0.0647. The zero-order valence-corrected chi connectivity index (χ0v) is 24.6. The van der Waals surface area contributed by atoms with Crippen LogP contribution in [0, 0.1) is 5.21 Å². The lowest BCUT2D eigenvalue weighted by molar-refractivity contribution is -0.763. The minimum absolute atomic E-state index is 0.0992. The van der Waals surface area contributed by atoms with Gasteiger partial charge in [0.05, 0.1) is 0 Å². The van der Waals surface area contributed by atoms with Crippen LogP contribution in [0.4, 0.5) is 5.13 Å². The van der Waals surface area contributed by atoms with Crippen molar-refractivity contribution in [1.29, 1.82) is 0 Å². The lowest BCUT2D eigenvalue weighted by Gasteiger charge is -2.49. The van der Waals surface area contributed by atoms with Crippen LogP contribution >= 0.6 is 46.6 Å². The molecule has 3 amide bonds. The van der Waals surface area contributed by atoms with Crippen molar-refractivity contribution in [2.24, 2.45) is 10.1 Å². The summed E-state index contributed by atoms with van der Waals surface area (Å²) >= 11 is 9.13. The second-order valence-electron chi connectivity index (χ2n) is 8.58. The van der Waals surface area contributed by atoms with Crippen molar-refractivity contribution in [2.45, 2.75) is 31.4 Å². The number of hydrogen-bond acceptors (Lipinski definition) is 13. The molecule has 0 radical (unpaired) electrons. The number of thiazole rings is 1. The van der Waals surface area contributed by atoms with Crippen LogP contribution in [0.25, 0.3) is 0 Å². The molecular weight excluding hydrogens is 608 g/mol. The molecule has 4 atom stereocenters. The van der Waals surface area contributed by atoms with E-state index in [1.54, 1.807) is 11.2 Å². The van der Waals surface area contributed by atoms with Crippen molar-refractivity contribution in [3.63, 3.8) is 0 Å². The number of hydrogen-bond donors (Lipinski definition) is 4. The van der Waals surface area contributed by atoms with E-state index < -0.39 is 35.1 Å². The van der Waals surface area contributed by atoms with Gasteiger partial charge in [0.1, 0.15) is 48.6 Å². The summed E-state index contributed by atoms with van der Waals surface area (Å²) in [6.07, 6.45) is -0.251. The Labute approximate surface area is 245 Å². The zero-order valence-electron chi connectivity index (χ0n) is 21.4. The first-order valence-electron chi connectivity index (χ1n) is 11.7. The van der Waals surface area contributed by atoms with Gasteiger partial charge >= 0.3 is 5.97 Å². The summed E-state index contributed by atoms with van der Waals surface area (Å²) in [5.41, 5.74) is 0.265. The number of carbonyl (C=O) groups is 4. The molecule has 3 aliphatic heterocycles. The summed E-state index contributed by atoms with van der Waals surface area (Å²) in [6, 6.07) is -1.01. The summed E-state index contributed by atoms with van der Waals surface area (Å²) in [5, 5.41) is 31.7. The van der Waals surface area contributed by atoms with Crippen LogP contribution in [0.5, 0.6) is 0 Å². The van der Waals surface area contributed by atoms with E-state index in [0.717, 1.165) is 11.3 Å². The standard InChI is InChI=1S/C21H25ClN8O7S3/c1-9-23-10(2)29(8-28(9)36)40-6-11-5-38-19-15(18(33)30(19)16(11)20(34)35)26-17(32)14(27-37-3)12-7-39-21(24-12)25-13(31)4-22/h7,10,15,19,28H,4-6,8H2,1-3H3,(H,26,32)(H,34,35)(H,24,25,31)/b27-14-/t10?,15-,19-/m1/s1. The van der Waals surface area contributed by atoms with Gasteiger partial charge < -0.3 is 30.8 Å². The molecule has 19 heteroatoms. The lowest BCUT2D eigenvalue weighted by atomic mass is 10.0. The van der Waals surface area contributed by atoms with E-state index in [1.807, 2.05) is 6.92 Å². The number of nitrogens with zero attached hydrogens (tertiary/aromatic N) is 5. The fourth-order valence-electron chi connectivity index (χ4n) is 4.01. The van der Waals surface area contributed by atoms with E-state index in [0.29, 0.717) is 17.2 Å². The Morgan fingerprint density at radius 3 is 2.85 bits per heavy atom. The van der Waals surface area contributed by atoms with Crippen LogP contribution in [-0.4, -0.2) is 103 Å². The number of carboxylic acids is 1. The highest BCUT2D eigenvalue weighted by molar-refractivity contribution is 8.00. The molecule has 3 aliphatic rings. The number of carbonyl (C=O) groups excluding carboxylic acids is 3. The highest BCUT2D eigenvalue weighted by atomic mass is 35.5. The molecule has 2 unspecified atom stereocenters. The van der Waals surface area contributed by atoms with Crippen LogP contribution in [-0.2, 0) is 24.0 Å². The molecular formula is C21H25ClN8O7S3. The molecule has 4 heterocycles. The Kier molecular flexibility index (Phi) is 9.70. The highest BCUT2D eigenvalue weighted by Crippen LogP contribution is 2.41. The third-order valence-electron chi connectivity index (χ3n) is 5.95. The predicted octanol–water partition coefficient (Wildman–Crippen LogP) is -0.522. The number of hydroxylamine groups is 2. The maximum absolute atomic E-state index is 13.1. The van der Waals surface area contributed by atoms with Crippen LogP contribution in [0.2, 0.25) is 0 Å². The van der Waals surface area contributed by atoms with E-state index in [4.69, 9.17) is 16.4 Å². The highest BCUT2D eigenvalue weighted by Gasteiger charge is 2.54. The van der Waals surface area contributed by atoms with Gasteiger partial charge in [-0.15, -0.1) is 34.7 Å². The van der Waals surface area contributed by atoms with Crippen molar-refractivity contribution >= 4 is 87.0 Å². The molecule has 1 aromatic heterocycles. The first-order valence-corrected chi connectivity index (χ1v) is 15.1. The molecule has 1 fully saturated rings. The predicted molar refractivity (Wildman–Crippen MR) is 151 cm³/mol. The number of anilines is 1. The molecule has 216 valence electrons. The number of oxime groups is 1. The normalized spacial score (nSPS) is 25.1. The van der Waals surface area contributed by atoms with Gasteiger partial charge in [0.2, 0.25) is 5.91 Å². The molecule has 4 N–H and O–H groups in total. The van der Waals surface area contributed by atoms with Gasteiger partial charge in [-0.3, -0.25) is 19.3 Å². The molecule has 0 bridgehead atoms. The second-order valence-corrected chi connectivity index (χ2v) is 11.8. The monoisotopic (exact) mass is 632 g/mol. The van der Waals surface area contributed by atoms with Gasteiger partial charge in [0, 0.05) is 23.8 Å². The zero-order chi connectivity index (χ0) is 29.1. The number of fused-ring (bicyclic) bond motifs is 1. The number of quaternary nitrogens is 1. The second kappa shape index (κ2) is 12.8. The van der Waals surface area contributed by atoms with E-state index in [1.165, 1.54) is 41.1 Å². The molecule has 1 saturated heterocycles. The van der Waals surface area contributed by atoms with Gasteiger partial charge in [-0.05, 0) is 12.5 Å². The number of thioether (sulfide) groups is 1. The van der Waals surface area contributed by atoms with Crippen molar-refractivity contribution in [1.82, 2.24) is 19.5 Å². The largest absolute Gasteiger partial charge is 0.627 e. The number of aromatic nitrogens is 1. The fraction of sp³-hybridized carbons (Fsp3) is 0.476. The van der Waals surface area contributed by atoms with Gasteiger partial charge in [-0.2, -0.15) is 4.31 Å². The number of halogens is 1. The Morgan fingerprint density at radius 1 is 1.43 bits per heavy atom. The first kappa shape index (κ1) is 30.2. The Bertz CT molecular complexity index is 1300. The van der Waals surface area contributed by atoms with Gasteiger partial charge in [-0.1, -0.05) is 17.1 Å². The van der Waals surface area contributed by atoms with Crippen LogP contribution in [0.15, 0.2) is 26.8 Å². The molecule has 0 saturated carbocycles. The van der Waals surface area contributed by atoms with E-state index in [-0.39, 0.29) is 51.8 Å². The lowest BCUT2D eigenvalue weighted by Crippen LogP contribution is -3.12. The topological polar surface area (TPSA) is 193 Å². The number of aliphatic imine (C=N–C) groups is 1. The third-order valence-corrected chi connectivity index (χ3v) is 9.54. The summed E-state index contributed by atoms with van der Waals surface area (Å²) in [4.78, 5) is 64.2. The smallest absolute Gasteiger partial charge is 0.352 e. The number of β-lactam (4-membered cyclic amide) rings is 1. The van der Waals surface area contributed by atoms with Crippen LogP contribution in [0.1, 0.15) is 19.5 Å². The SMILES string of the molecule is CO/N=C(\C(=O)N[C@@H]1C(=O)N2C(C(=O)O)=C(CSN3C[NH+]([O-])C(C)=NC3C)CS[C@H]12)c1csc(NC(=O)CCl)n1. The average molecular weight is 633 g/mol. The van der Waals surface area contributed by atoms with Crippen molar-refractivity contribution in [3.05, 3.63) is 27.6 Å². The van der Waals surface area contributed by atoms with Crippen molar-refractivity contribution in [2.75, 3.05) is 36.5 Å². The number of aliphatic carboxylic acids is 1. The van der Waals surface area contributed by atoms with E-state index in [9.17, 15) is 29.5 Å². The maximum Gasteiger partial charge on any atom is 0.352 e. The first-order chi connectivity index (χ1) is 19.0. The van der Waals surface area contributed by atoms with Crippen molar-refractivity contribution < 1.29 is 34.2 Å². The molecule has 15 nitrogen and oxygen atoms in total. The van der Waals surface area contributed by atoms with Crippen LogP contribution < -0.4 is 15.7 Å². The number of carboxylic acid groups (broad SMARTS) is 1. The fourth-order valence-corrected chi connectivity index (χ4v) is 7.30. The number of amidine groups is 1. The third kappa shape index (κ3) is 6.27. The summed E-state index contributed by atoms with van der Waals surface area (Å²) in [5.74, 6) is -2.34. The molecule has 0 aliphatic carbocycles. The number of amides is 3. The summed E-state index contributed by atoms with van der Waals surface area (Å²) in [6.45, 7) is 3.67. The number of nitrogens with one attached hydrogen (secondary N) is 3. The average Bonchev–Trinajstić information content (AvgIpc) is 3.38. The van der Waals surface area contributed by atoms with Gasteiger partial charge in [-0.25, -0.2) is 14.8 Å². The van der Waals surface area contributed by atoms with E-state index in [2.05, 4.69) is 25.8 Å². The van der Waals surface area contributed by atoms with Gasteiger partial charge in [0.15, 0.2) is 16.7 Å². The Balaban J connectivity index is 1.45. The molecule has 1 aromatic rings. The van der Waals surface area contributed by atoms with Gasteiger partial charge in [0.25, 0.3) is 11.8 Å². The molecule has 0 spiro atoms. The summed E-state index contributed by atoms with van der Waals surface area (Å²) < 4.78 is 1.78. The number of alkyl halides is 1. The number of rotatable bonds is 10. The minimum atomic E-state index is -1.26. The van der Waals surface area contributed by atoms with Crippen LogP contribution in [0.3, 0.4) is 0 Å². The Hall–Kier alpha value is -2.74. The Morgan fingerprint density at radius 2 is 2.17 bits per heavy atom.